The van der Waals surface area contributed by atoms with Crippen LogP contribution in [0, 0.1) is 47.9 Å². The maximum Gasteiger partial charge on any atom is 0.269 e. The van der Waals surface area contributed by atoms with Gasteiger partial charge in [0.15, 0.2) is 0 Å². The molecule has 0 fully saturated rings. The highest BCUT2D eigenvalue weighted by Crippen LogP contribution is 2.32. The zero-order valence-corrected chi connectivity index (χ0v) is 31.0. The summed E-state index contributed by atoms with van der Waals surface area (Å²) in [7, 11) is 0. The second-order valence-electron chi connectivity index (χ2n) is 12.4. The molecule has 11 heteroatoms. The van der Waals surface area contributed by atoms with Crippen molar-refractivity contribution in [3.63, 3.8) is 0 Å². The van der Waals surface area contributed by atoms with Crippen molar-refractivity contribution in [2.24, 2.45) is 0 Å². The van der Waals surface area contributed by atoms with Crippen LogP contribution in [-0.2, 0) is 0 Å². The molecule has 8 rings (SSSR count). The van der Waals surface area contributed by atoms with E-state index in [1.165, 1.54) is 39.9 Å². The van der Waals surface area contributed by atoms with Crippen molar-refractivity contribution in [3.05, 3.63) is 180 Å². The van der Waals surface area contributed by atoms with Gasteiger partial charge in [-0.15, -0.1) is 0 Å². The number of imidazole rings is 2. The second-order valence-corrected chi connectivity index (χ2v) is 13.2. The molecular formula is C42H35BrN6O4. The van der Waals surface area contributed by atoms with Gasteiger partial charge in [0.1, 0.15) is 11.6 Å². The molecule has 1 N–H and O–H groups in total. The van der Waals surface area contributed by atoms with E-state index in [1.54, 1.807) is 24.3 Å². The number of aryl methyl sites for hydroxylation is 4. The minimum atomic E-state index is -0.414. The minimum absolute atomic E-state index is 0.0727. The van der Waals surface area contributed by atoms with Crippen molar-refractivity contribution in [3.8, 4) is 28.5 Å². The molecule has 0 aliphatic heterocycles. The van der Waals surface area contributed by atoms with E-state index < -0.39 is 9.85 Å². The number of aromatic nitrogens is 4. The van der Waals surface area contributed by atoms with Crippen LogP contribution in [0.5, 0.6) is 0 Å². The lowest BCUT2D eigenvalue weighted by Gasteiger charge is -2.15. The number of fused-ring (bicyclic) bond motifs is 2. The van der Waals surface area contributed by atoms with Gasteiger partial charge < -0.3 is 4.98 Å². The molecule has 2 aromatic heterocycles. The molecule has 53 heavy (non-hydrogen) atoms. The number of hydrogen-bond donors (Lipinski definition) is 1. The van der Waals surface area contributed by atoms with Gasteiger partial charge in [0.05, 0.1) is 37.6 Å². The Bertz CT molecular complexity index is 2500. The number of aromatic amines is 1. The summed E-state index contributed by atoms with van der Waals surface area (Å²) >= 11 is 3.48. The molecule has 2 heterocycles. The van der Waals surface area contributed by atoms with E-state index in [0.717, 1.165) is 55.8 Å². The van der Waals surface area contributed by atoms with Crippen LogP contribution in [-0.4, -0.2) is 29.4 Å². The fraction of sp³-hybridized carbons (Fsp3) is 0.0952. The number of H-pyrrole nitrogens is 1. The van der Waals surface area contributed by atoms with E-state index in [9.17, 15) is 20.2 Å². The summed E-state index contributed by atoms with van der Waals surface area (Å²) in [6, 6.07) is 41.0. The maximum absolute atomic E-state index is 11.0. The number of rotatable bonds is 5. The molecule has 0 aliphatic carbocycles. The number of nitrogens with one attached hydrogen (secondary N) is 1. The highest BCUT2D eigenvalue weighted by Gasteiger charge is 2.18. The Kier molecular flexibility index (Phi) is 10.9. The quantitative estimate of drug-likeness (QED) is 0.137. The number of nitro benzene ring substituents is 2. The number of non-ortho nitro benzene ring substituents is 2. The summed E-state index contributed by atoms with van der Waals surface area (Å²) in [6.45, 7) is 8.35. The van der Waals surface area contributed by atoms with E-state index in [-0.39, 0.29) is 11.4 Å². The van der Waals surface area contributed by atoms with Crippen molar-refractivity contribution >= 4 is 49.4 Å². The van der Waals surface area contributed by atoms with E-state index in [4.69, 9.17) is 4.98 Å². The largest absolute Gasteiger partial charge is 0.338 e. The van der Waals surface area contributed by atoms with E-state index in [1.807, 2.05) is 54.6 Å². The number of hydrogen-bond acceptors (Lipinski definition) is 6. The Balaban J connectivity index is 0.000000153. The molecule has 0 unspecified atom stereocenters. The third kappa shape index (κ3) is 8.05. The molecule has 0 spiro atoms. The van der Waals surface area contributed by atoms with Gasteiger partial charge in [0, 0.05) is 39.9 Å². The molecule has 10 nitrogen and oxygen atoms in total. The first kappa shape index (κ1) is 36.3. The zero-order chi connectivity index (χ0) is 37.6. The van der Waals surface area contributed by atoms with Crippen LogP contribution in [0.2, 0.25) is 0 Å². The number of halogens is 1. The summed E-state index contributed by atoms with van der Waals surface area (Å²) in [6.07, 6.45) is 0. The third-order valence-corrected chi connectivity index (χ3v) is 9.94. The molecular weight excluding hydrogens is 732 g/mol. The molecule has 0 radical (unpaired) electrons. The smallest absolute Gasteiger partial charge is 0.269 e. The first-order chi connectivity index (χ1) is 25.5. The van der Waals surface area contributed by atoms with E-state index in [2.05, 4.69) is 88.5 Å². The maximum atomic E-state index is 11.0. The fourth-order valence-electron chi connectivity index (χ4n) is 5.96. The molecule has 0 saturated heterocycles. The first-order valence-corrected chi connectivity index (χ1v) is 17.5. The molecule has 0 atom stereocenters. The summed E-state index contributed by atoms with van der Waals surface area (Å²) in [4.78, 5) is 33.1. The van der Waals surface area contributed by atoms with Crippen LogP contribution in [0.3, 0.4) is 0 Å². The molecule has 0 saturated carbocycles. The van der Waals surface area contributed by atoms with Gasteiger partial charge in [0.25, 0.3) is 11.4 Å². The van der Waals surface area contributed by atoms with E-state index in [0.29, 0.717) is 5.82 Å². The number of benzene rings is 6. The van der Waals surface area contributed by atoms with Crippen LogP contribution in [0.4, 0.5) is 11.4 Å². The van der Waals surface area contributed by atoms with E-state index >= 15 is 0 Å². The topological polar surface area (TPSA) is 133 Å². The van der Waals surface area contributed by atoms with Gasteiger partial charge in [-0.25, -0.2) is 9.97 Å². The minimum Gasteiger partial charge on any atom is -0.338 e. The lowest BCUT2D eigenvalue weighted by Crippen LogP contribution is -2.02. The van der Waals surface area contributed by atoms with Crippen LogP contribution in [0.1, 0.15) is 22.3 Å². The van der Waals surface area contributed by atoms with Gasteiger partial charge in [-0.3, -0.25) is 24.8 Å². The summed E-state index contributed by atoms with van der Waals surface area (Å²) < 4.78 is 3.37. The van der Waals surface area contributed by atoms with Gasteiger partial charge in [0.2, 0.25) is 0 Å². The van der Waals surface area contributed by atoms with Crippen molar-refractivity contribution in [1.29, 1.82) is 0 Å². The van der Waals surface area contributed by atoms with Crippen LogP contribution in [0.25, 0.3) is 50.5 Å². The number of para-hydroxylation sites is 5. The highest BCUT2D eigenvalue weighted by molar-refractivity contribution is 9.10. The Morgan fingerprint density at radius 1 is 0.566 bits per heavy atom. The predicted molar refractivity (Wildman–Crippen MR) is 214 cm³/mol. The Labute approximate surface area is 314 Å². The Morgan fingerprint density at radius 3 is 1.58 bits per heavy atom. The van der Waals surface area contributed by atoms with Crippen molar-refractivity contribution in [2.75, 3.05) is 0 Å². The summed E-state index contributed by atoms with van der Waals surface area (Å²) in [5, 5.41) is 21.5. The van der Waals surface area contributed by atoms with Crippen molar-refractivity contribution in [2.45, 2.75) is 27.7 Å². The molecule has 264 valence electrons. The molecule has 8 aromatic rings. The molecule has 0 aliphatic rings. The molecule has 0 amide bonds. The lowest BCUT2D eigenvalue weighted by molar-refractivity contribution is -0.385. The van der Waals surface area contributed by atoms with Gasteiger partial charge in [-0.2, -0.15) is 0 Å². The van der Waals surface area contributed by atoms with Gasteiger partial charge >= 0.3 is 0 Å². The monoisotopic (exact) mass is 766 g/mol. The average Bonchev–Trinajstić information content (AvgIpc) is 3.77. The normalized spacial score (nSPS) is 10.7. The Morgan fingerprint density at radius 2 is 1.06 bits per heavy atom. The van der Waals surface area contributed by atoms with Crippen LogP contribution in [0.15, 0.2) is 138 Å². The first-order valence-electron chi connectivity index (χ1n) is 16.7. The SMILES string of the molecule is Cc1cccc(C)c1-n1c(-c2ccc([N+](=O)[O-])cc2)nc2ccccc21.Cc1cccc(C)c1Br.O=[N+]([O-])c1ccc(-c2nc3ccccc3[nH]2)cc1. The predicted octanol–water partition coefficient (Wildman–Crippen LogP) is 11.4. The third-order valence-electron chi connectivity index (χ3n) is 8.69. The van der Waals surface area contributed by atoms with Gasteiger partial charge in [-0.1, -0.05) is 76.6 Å². The standard InChI is InChI=1S/C21H17N3O2.C13H9N3O2.C8H9Br/c1-14-6-5-7-15(2)20(14)23-19-9-4-3-8-18(19)22-21(23)16-10-12-17(13-11-16)24(25)26;17-16(18)10-7-5-9(6-8-10)13-14-11-3-1-2-4-12(11)15-13;1-6-4-3-5-7(2)8(6)9/h3-13H,1-2H3;1-8H,(H,14,15);3-5H,1-2H3. The van der Waals surface area contributed by atoms with Crippen LogP contribution >= 0.6 is 15.9 Å². The van der Waals surface area contributed by atoms with Crippen molar-refractivity contribution in [1.82, 2.24) is 19.5 Å². The molecule has 0 bridgehead atoms. The summed E-state index contributed by atoms with van der Waals surface area (Å²) in [5.41, 5.74) is 11.6. The highest BCUT2D eigenvalue weighted by atomic mass is 79.9. The fourth-order valence-corrected chi connectivity index (χ4v) is 6.23. The Hall–Kier alpha value is -6.46. The summed E-state index contributed by atoms with van der Waals surface area (Å²) in [5.74, 6) is 1.49. The number of nitro groups is 2. The molecule has 6 aromatic carbocycles. The van der Waals surface area contributed by atoms with Crippen molar-refractivity contribution < 1.29 is 9.85 Å². The lowest BCUT2D eigenvalue weighted by atomic mass is 10.1. The zero-order valence-electron chi connectivity index (χ0n) is 29.4. The second kappa shape index (κ2) is 15.8. The number of nitrogens with zero attached hydrogens (tertiary/aromatic N) is 5. The van der Waals surface area contributed by atoms with Crippen LogP contribution < -0.4 is 0 Å². The van der Waals surface area contributed by atoms with Gasteiger partial charge in [-0.05, 0) is 98.5 Å². The average molecular weight is 768 g/mol.